The van der Waals surface area contributed by atoms with Crippen LogP contribution in [0.1, 0.15) is 15.9 Å². The van der Waals surface area contributed by atoms with Gasteiger partial charge >= 0.3 is 5.97 Å². The van der Waals surface area contributed by atoms with Gasteiger partial charge in [-0.2, -0.15) is 0 Å². The molecule has 1 aromatic carbocycles. The summed E-state index contributed by atoms with van der Waals surface area (Å²) in [7, 11) is 1.91. The molecule has 0 radical (unpaired) electrons. The lowest BCUT2D eigenvalue weighted by atomic mass is 10.1. The third-order valence-electron chi connectivity index (χ3n) is 5.18. The fraction of sp³-hybridized carbons (Fsp3) is 0.350. The van der Waals surface area contributed by atoms with E-state index in [0.717, 1.165) is 17.0 Å². The third-order valence-corrected chi connectivity index (χ3v) is 5.18. The van der Waals surface area contributed by atoms with E-state index in [1.54, 1.807) is 22.1 Å². The molecule has 0 spiro atoms. The number of carboxylic acids is 1. The Kier molecular flexibility index (Phi) is 5.57. The number of rotatable bonds is 6. The Morgan fingerprint density at radius 1 is 1.10 bits per heavy atom. The van der Waals surface area contributed by atoms with Crippen molar-refractivity contribution in [2.75, 3.05) is 32.7 Å². The molecule has 10 nitrogen and oxygen atoms in total. The highest BCUT2D eigenvalue weighted by Crippen LogP contribution is 2.15. The van der Waals surface area contributed by atoms with Gasteiger partial charge in [-0.3, -0.25) is 14.5 Å². The van der Waals surface area contributed by atoms with Gasteiger partial charge < -0.3 is 14.6 Å². The predicted octanol–water partition coefficient (Wildman–Crippen LogP) is 0.569. The van der Waals surface area contributed by atoms with E-state index in [1.807, 2.05) is 47.0 Å². The van der Waals surface area contributed by atoms with Crippen LogP contribution >= 0.6 is 0 Å². The molecule has 3 heterocycles. The van der Waals surface area contributed by atoms with Crippen molar-refractivity contribution in [1.29, 1.82) is 0 Å². The van der Waals surface area contributed by atoms with Gasteiger partial charge in [0, 0.05) is 38.8 Å². The average molecular weight is 409 g/mol. The van der Waals surface area contributed by atoms with Gasteiger partial charge in [-0.1, -0.05) is 17.3 Å². The number of benzene rings is 1. The van der Waals surface area contributed by atoms with Crippen molar-refractivity contribution in [2.45, 2.75) is 6.54 Å². The van der Waals surface area contributed by atoms with Gasteiger partial charge in [0.1, 0.15) is 5.69 Å². The van der Waals surface area contributed by atoms with E-state index >= 15 is 0 Å². The molecule has 10 heteroatoms. The maximum atomic E-state index is 12.7. The molecule has 1 amide bonds. The molecule has 1 saturated heterocycles. The van der Waals surface area contributed by atoms with Crippen LogP contribution in [0.2, 0.25) is 0 Å². The number of aromatic nitrogens is 5. The number of nitrogens with zero attached hydrogens (tertiary/aromatic N) is 7. The van der Waals surface area contributed by atoms with Crippen LogP contribution in [0, 0.1) is 0 Å². The highest BCUT2D eigenvalue weighted by Gasteiger charge is 2.23. The summed E-state index contributed by atoms with van der Waals surface area (Å²) >= 11 is 0. The van der Waals surface area contributed by atoms with Crippen LogP contribution in [-0.4, -0.2) is 84.1 Å². The molecule has 3 aromatic rings. The van der Waals surface area contributed by atoms with Crippen molar-refractivity contribution >= 4 is 11.9 Å². The minimum absolute atomic E-state index is 0.0152. The number of hydrogen-bond donors (Lipinski definition) is 1. The van der Waals surface area contributed by atoms with Crippen molar-refractivity contribution in [1.82, 2.24) is 34.3 Å². The van der Waals surface area contributed by atoms with Crippen LogP contribution in [-0.2, 0) is 18.4 Å². The zero-order chi connectivity index (χ0) is 21.1. The second kappa shape index (κ2) is 8.46. The van der Waals surface area contributed by atoms with Crippen LogP contribution < -0.4 is 0 Å². The molecule has 156 valence electrons. The number of carbonyl (C=O) groups is 2. The first-order valence-electron chi connectivity index (χ1n) is 9.69. The van der Waals surface area contributed by atoms with Crippen molar-refractivity contribution in [3.05, 3.63) is 54.1 Å². The fourth-order valence-corrected chi connectivity index (χ4v) is 3.52. The first-order valence-corrected chi connectivity index (χ1v) is 9.69. The molecule has 2 aromatic heterocycles. The Bertz CT molecular complexity index is 1030. The Morgan fingerprint density at radius 2 is 1.83 bits per heavy atom. The van der Waals surface area contributed by atoms with Gasteiger partial charge in [0.2, 0.25) is 0 Å². The maximum absolute atomic E-state index is 12.7. The van der Waals surface area contributed by atoms with E-state index in [0.29, 0.717) is 38.3 Å². The van der Waals surface area contributed by atoms with E-state index in [2.05, 4.69) is 15.3 Å². The molecular weight excluding hydrogens is 386 g/mol. The summed E-state index contributed by atoms with van der Waals surface area (Å²) in [5.74, 6) is -0.874. The van der Waals surface area contributed by atoms with Crippen LogP contribution in [0.4, 0.5) is 0 Å². The minimum atomic E-state index is -0.842. The van der Waals surface area contributed by atoms with Crippen LogP contribution in [0.3, 0.4) is 0 Å². The zero-order valence-corrected chi connectivity index (χ0v) is 16.7. The second-order valence-electron chi connectivity index (χ2n) is 7.35. The molecular formula is C20H23N7O3. The summed E-state index contributed by atoms with van der Waals surface area (Å²) in [4.78, 5) is 31.2. The van der Waals surface area contributed by atoms with Crippen LogP contribution in [0.5, 0.6) is 0 Å². The summed E-state index contributed by atoms with van der Waals surface area (Å²) in [6, 6.07) is 7.47. The smallest absolute Gasteiger partial charge is 0.317 e. The standard InChI is InChI=1S/C20H23N7O3/c1-24-14-21-10-18(24)17-12-27(23-22-17)11-15-2-4-16(5-3-15)20(30)26-8-6-25(7-9-26)13-19(28)29/h2-5,10,12,14H,6-9,11,13H2,1H3,(H,28,29). The summed E-state index contributed by atoms with van der Waals surface area (Å²) in [5, 5.41) is 17.2. The quantitative estimate of drug-likeness (QED) is 0.634. The Morgan fingerprint density at radius 3 is 2.47 bits per heavy atom. The van der Waals surface area contributed by atoms with Gasteiger partial charge in [0.25, 0.3) is 5.91 Å². The molecule has 30 heavy (non-hydrogen) atoms. The van der Waals surface area contributed by atoms with E-state index < -0.39 is 5.97 Å². The van der Waals surface area contributed by atoms with E-state index in [-0.39, 0.29) is 12.5 Å². The molecule has 0 unspecified atom stereocenters. The van der Waals surface area contributed by atoms with Crippen molar-refractivity contribution in [3.63, 3.8) is 0 Å². The van der Waals surface area contributed by atoms with Gasteiger partial charge in [-0.15, -0.1) is 5.10 Å². The molecule has 1 aliphatic rings. The van der Waals surface area contributed by atoms with Gasteiger partial charge in [0.05, 0.1) is 37.5 Å². The van der Waals surface area contributed by atoms with E-state index in [1.165, 1.54) is 0 Å². The molecule has 4 rings (SSSR count). The third kappa shape index (κ3) is 4.38. The number of piperazine rings is 1. The second-order valence-corrected chi connectivity index (χ2v) is 7.35. The molecule has 0 atom stereocenters. The van der Waals surface area contributed by atoms with Crippen molar-refractivity contribution in [2.24, 2.45) is 7.05 Å². The highest BCUT2D eigenvalue weighted by atomic mass is 16.4. The molecule has 0 aliphatic carbocycles. The summed E-state index contributed by atoms with van der Waals surface area (Å²) < 4.78 is 3.64. The predicted molar refractivity (Wildman–Crippen MR) is 108 cm³/mol. The number of carbonyl (C=O) groups excluding carboxylic acids is 1. The normalized spacial score (nSPS) is 14.8. The molecule has 1 N–H and O–H groups in total. The zero-order valence-electron chi connectivity index (χ0n) is 16.7. The largest absolute Gasteiger partial charge is 0.480 e. The summed E-state index contributed by atoms with van der Waals surface area (Å²) in [6.07, 6.45) is 5.33. The lowest BCUT2D eigenvalue weighted by molar-refractivity contribution is -0.138. The number of aliphatic carboxylic acids is 1. The minimum Gasteiger partial charge on any atom is -0.480 e. The number of amides is 1. The lowest BCUT2D eigenvalue weighted by Gasteiger charge is -2.33. The van der Waals surface area contributed by atoms with Crippen molar-refractivity contribution in [3.8, 4) is 11.4 Å². The Hall–Kier alpha value is -3.53. The highest BCUT2D eigenvalue weighted by molar-refractivity contribution is 5.94. The van der Waals surface area contributed by atoms with Gasteiger partial charge in [0.15, 0.2) is 0 Å². The van der Waals surface area contributed by atoms with E-state index in [9.17, 15) is 9.59 Å². The first kappa shape index (κ1) is 19.8. The number of hydrogen-bond acceptors (Lipinski definition) is 6. The topological polar surface area (TPSA) is 109 Å². The molecule has 0 bridgehead atoms. The Balaban J connectivity index is 1.35. The SMILES string of the molecule is Cn1cncc1-c1cn(Cc2ccc(C(=O)N3CCN(CC(=O)O)CC3)cc2)nn1. The van der Waals surface area contributed by atoms with Crippen molar-refractivity contribution < 1.29 is 14.7 Å². The monoisotopic (exact) mass is 409 g/mol. The number of carboxylic acid groups (broad SMARTS) is 1. The maximum Gasteiger partial charge on any atom is 0.317 e. The lowest BCUT2D eigenvalue weighted by Crippen LogP contribution is -2.49. The van der Waals surface area contributed by atoms with Crippen LogP contribution in [0.25, 0.3) is 11.4 Å². The van der Waals surface area contributed by atoms with Crippen LogP contribution in [0.15, 0.2) is 43.0 Å². The van der Waals surface area contributed by atoms with Gasteiger partial charge in [-0.25, -0.2) is 9.67 Å². The van der Waals surface area contributed by atoms with E-state index in [4.69, 9.17) is 5.11 Å². The summed E-state index contributed by atoms with van der Waals surface area (Å²) in [6.45, 7) is 2.77. The molecule has 0 saturated carbocycles. The number of aryl methyl sites for hydroxylation is 1. The average Bonchev–Trinajstić information content (AvgIpc) is 3.37. The number of imidazole rings is 1. The molecule has 1 aliphatic heterocycles. The van der Waals surface area contributed by atoms with Gasteiger partial charge in [-0.05, 0) is 17.7 Å². The summed E-state index contributed by atoms with van der Waals surface area (Å²) in [5.41, 5.74) is 3.29. The Labute approximate surface area is 173 Å². The fourth-order valence-electron chi connectivity index (χ4n) is 3.52. The molecule has 1 fully saturated rings. The first-order chi connectivity index (χ1) is 14.5.